The number of benzene rings is 2. The van der Waals surface area contributed by atoms with Crippen LogP contribution in [0.25, 0.3) is 10.8 Å². The molecule has 2 aromatic rings. The monoisotopic (exact) mass is 172 g/mol. The number of aromatic hydroxyl groups is 1. The molecule has 0 fully saturated rings. The molecule has 0 saturated carbocycles. The molecule has 0 aliphatic rings. The highest BCUT2D eigenvalue weighted by Gasteiger charge is 2.04. The van der Waals surface area contributed by atoms with Crippen LogP contribution in [0, 0.1) is 13.8 Å². The van der Waals surface area contributed by atoms with E-state index < -0.39 is 0 Å². The molecule has 0 bridgehead atoms. The Kier molecular flexibility index (Phi) is 1.73. The Morgan fingerprint density at radius 3 is 2.46 bits per heavy atom. The molecule has 1 heteroatoms. The second-order valence-corrected chi connectivity index (χ2v) is 3.40. The minimum atomic E-state index is 0.413. The van der Waals surface area contributed by atoms with Crippen molar-refractivity contribution >= 4 is 10.8 Å². The third-order valence-corrected chi connectivity index (χ3v) is 2.43. The van der Waals surface area contributed by atoms with Gasteiger partial charge in [-0.25, -0.2) is 0 Å². The van der Waals surface area contributed by atoms with Crippen LogP contribution in [0.4, 0.5) is 0 Å². The summed E-state index contributed by atoms with van der Waals surface area (Å²) in [5.41, 5.74) is 2.06. The second-order valence-electron chi connectivity index (χ2n) is 3.40. The molecule has 0 saturated heterocycles. The van der Waals surface area contributed by atoms with Gasteiger partial charge in [0, 0.05) is 5.39 Å². The largest absolute Gasteiger partial charge is 0.507 e. The number of hydrogen-bond acceptors (Lipinski definition) is 1. The zero-order valence-corrected chi connectivity index (χ0v) is 7.83. The van der Waals surface area contributed by atoms with Gasteiger partial charge in [-0.05, 0) is 30.4 Å². The molecule has 0 aliphatic carbocycles. The zero-order chi connectivity index (χ0) is 9.42. The molecule has 0 spiro atoms. The van der Waals surface area contributed by atoms with Crippen LogP contribution >= 0.6 is 0 Å². The maximum atomic E-state index is 9.84. The summed E-state index contributed by atoms with van der Waals surface area (Å²) in [6.45, 7) is 3.93. The van der Waals surface area contributed by atoms with Crippen LogP contribution in [-0.2, 0) is 0 Å². The van der Waals surface area contributed by atoms with E-state index in [1.165, 1.54) is 0 Å². The van der Waals surface area contributed by atoms with Gasteiger partial charge in [0.05, 0.1) is 0 Å². The fraction of sp³-hybridized carbons (Fsp3) is 0.167. The lowest BCUT2D eigenvalue weighted by Gasteiger charge is -2.06. The summed E-state index contributed by atoms with van der Waals surface area (Å²) in [7, 11) is 0. The molecule has 1 N–H and O–H groups in total. The van der Waals surface area contributed by atoms with Crippen LogP contribution in [-0.4, -0.2) is 5.11 Å². The quantitative estimate of drug-likeness (QED) is 0.647. The maximum absolute atomic E-state index is 9.84. The third-order valence-electron chi connectivity index (χ3n) is 2.43. The molecule has 66 valence electrons. The zero-order valence-electron chi connectivity index (χ0n) is 7.83. The van der Waals surface area contributed by atoms with Gasteiger partial charge in [0.15, 0.2) is 0 Å². The normalized spacial score (nSPS) is 10.6. The molecule has 0 unspecified atom stereocenters. The summed E-state index contributed by atoms with van der Waals surface area (Å²) >= 11 is 0. The summed E-state index contributed by atoms with van der Waals surface area (Å²) in [6, 6.07) is 10.0. The minimum Gasteiger partial charge on any atom is -0.507 e. The first kappa shape index (κ1) is 8.11. The third kappa shape index (κ3) is 1.17. The summed E-state index contributed by atoms with van der Waals surface area (Å²) < 4.78 is 0. The van der Waals surface area contributed by atoms with E-state index >= 15 is 0 Å². The Hall–Kier alpha value is -1.50. The number of fused-ring (bicyclic) bond motifs is 1. The highest BCUT2D eigenvalue weighted by Crippen LogP contribution is 2.30. The topological polar surface area (TPSA) is 20.2 Å². The average molecular weight is 172 g/mol. The predicted octanol–water partition coefficient (Wildman–Crippen LogP) is 3.16. The average Bonchev–Trinajstić information content (AvgIpc) is 2.12. The maximum Gasteiger partial charge on any atom is 0.126 e. The van der Waals surface area contributed by atoms with Crippen molar-refractivity contribution in [2.24, 2.45) is 0 Å². The lowest BCUT2D eigenvalue weighted by Crippen LogP contribution is -1.81. The summed E-state index contributed by atoms with van der Waals surface area (Å²) in [6.07, 6.45) is 0. The Bertz CT molecular complexity index is 458. The summed E-state index contributed by atoms with van der Waals surface area (Å²) in [4.78, 5) is 0. The van der Waals surface area contributed by atoms with E-state index in [4.69, 9.17) is 0 Å². The van der Waals surface area contributed by atoms with Crippen molar-refractivity contribution in [1.82, 2.24) is 0 Å². The van der Waals surface area contributed by atoms with Crippen LogP contribution in [0.1, 0.15) is 11.1 Å². The first-order valence-electron chi connectivity index (χ1n) is 4.38. The number of phenols is 1. The molecule has 2 aromatic carbocycles. The van der Waals surface area contributed by atoms with E-state index in [2.05, 4.69) is 0 Å². The molecule has 0 amide bonds. The van der Waals surface area contributed by atoms with Crippen LogP contribution < -0.4 is 0 Å². The molecule has 0 atom stereocenters. The minimum absolute atomic E-state index is 0.413. The lowest BCUT2D eigenvalue weighted by atomic mass is 10.0. The van der Waals surface area contributed by atoms with Crippen LogP contribution in [0.3, 0.4) is 0 Å². The van der Waals surface area contributed by atoms with Crippen molar-refractivity contribution in [2.75, 3.05) is 0 Å². The number of hydrogen-bond donors (Lipinski definition) is 1. The van der Waals surface area contributed by atoms with Crippen LogP contribution in [0.5, 0.6) is 5.75 Å². The highest BCUT2D eigenvalue weighted by atomic mass is 16.3. The molecule has 0 radical (unpaired) electrons. The van der Waals surface area contributed by atoms with Gasteiger partial charge in [-0.2, -0.15) is 0 Å². The van der Waals surface area contributed by atoms with E-state index in [-0.39, 0.29) is 0 Å². The molecule has 2 rings (SSSR count). The summed E-state index contributed by atoms with van der Waals surface area (Å²) in [5.74, 6) is 0.413. The van der Waals surface area contributed by atoms with E-state index in [1.807, 2.05) is 44.2 Å². The van der Waals surface area contributed by atoms with Crippen LogP contribution in [0.2, 0.25) is 0 Å². The van der Waals surface area contributed by atoms with Crippen molar-refractivity contribution in [2.45, 2.75) is 13.8 Å². The predicted molar refractivity (Wildman–Crippen MR) is 55.1 cm³/mol. The summed E-state index contributed by atoms with van der Waals surface area (Å²) in [5, 5.41) is 11.9. The number of phenolic OH excluding ortho intramolecular Hbond substituents is 1. The lowest BCUT2D eigenvalue weighted by molar-refractivity contribution is 0.477. The SMILES string of the molecule is Cc1ccc2cccc(C)c2c1O. The van der Waals surface area contributed by atoms with Gasteiger partial charge < -0.3 is 5.11 Å². The molecular formula is C12H12O. The van der Waals surface area contributed by atoms with E-state index in [9.17, 15) is 5.11 Å². The second kappa shape index (κ2) is 2.77. The van der Waals surface area contributed by atoms with E-state index in [1.54, 1.807) is 0 Å². The van der Waals surface area contributed by atoms with Gasteiger partial charge in [0.2, 0.25) is 0 Å². The van der Waals surface area contributed by atoms with Crippen molar-refractivity contribution in [3.05, 3.63) is 41.5 Å². The van der Waals surface area contributed by atoms with Crippen molar-refractivity contribution in [1.29, 1.82) is 0 Å². The van der Waals surface area contributed by atoms with Crippen molar-refractivity contribution < 1.29 is 5.11 Å². The van der Waals surface area contributed by atoms with Gasteiger partial charge in [-0.1, -0.05) is 30.3 Å². The molecule has 13 heavy (non-hydrogen) atoms. The number of rotatable bonds is 0. The Morgan fingerprint density at radius 2 is 1.69 bits per heavy atom. The van der Waals surface area contributed by atoms with Crippen LogP contribution in [0.15, 0.2) is 30.3 Å². The van der Waals surface area contributed by atoms with E-state index in [0.717, 1.165) is 21.9 Å². The molecule has 0 heterocycles. The molecule has 0 aliphatic heterocycles. The van der Waals surface area contributed by atoms with Gasteiger partial charge in [-0.3, -0.25) is 0 Å². The highest BCUT2D eigenvalue weighted by molar-refractivity contribution is 5.91. The molecule has 0 aromatic heterocycles. The molecular weight excluding hydrogens is 160 g/mol. The standard InChI is InChI=1S/C12H12O/c1-8-4-3-5-10-7-6-9(2)12(13)11(8)10/h3-7,13H,1-2H3. The van der Waals surface area contributed by atoms with Gasteiger partial charge >= 0.3 is 0 Å². The van der Waals surface area contributed by atoms with E-state index in [0.29, 0.717) is 5.75 Å². The van der Waals surface area contributed by atoms with Gasteiger partial charge in [0.25, 0.3) is 0 Å². The first-order chi connectivity index (χ1) is 6.20. The first-order valence-corrected chi connectivity index (χ1v) is 4.38. The smallest absolute Gasteiger partial charge is 0.126 e. The fourth-order valence-electron chi connectivity index (χ4n) is 1.64. The molecule has 1 nitrogen and oxygen atoms in total. The Morgan fingerprint density at radius 1 is 0.923 bits per heavy atom. The Balaban J connectivity index is 2.97. The van der Waals surface area contributed by atoms with Crippen molar-refractivity contribution in [3.8, 4) is 5.75 Å². The van der Waals surface area contributed by atoms with Gasteiger partial charge in [0.1, 0.15) is 5.75 Å². The Labute approximate surface area is 77.6 Å². The number of aryl methyl sites for hydroxylation is 2. The van der Waals surface area contributed by atoms with Crippen molar-refractivity contribution in [3.63, 3.8) is 0 Å². The van der Waals surface area contributed by atoms with Gasteiger partial charge in [-0.15, -0.1) is 0 Å². The fourth-order valence-corrected chi connectivity index (χ4v) is 1.64.